The summed E-state index contributed by atoms with van der Waals surface area (Å²) >= 11 is 0. The van der Waals surface area contributed by atoms with E-state index in [2.05, 4.69) is 5.10 Å². The first-order valence-corrected chi connectivity index (χ1v) is 9.03. The number of hydrogen-bond donors (Lipinski definition) is 0. The molecule has 0 aliphatic carbocycles. The minimum absolute atomic E-state index is 0.203. The van der Waals surface area contributed by atoms with Gasteiger partial charge >= 0.3 is 5.88 Å². The fourth-order valence-electron chi connectivity index (χ4n) is 3.31. The molecule has 1 unspecified atom stereocenters. The lowest BCUT2D eigenvalue weighted by molar-refractivity contribution is -0.402. The number of amidine groups is 1. The fourth-order valence-corrected chi connectivity index (χ4v) is 3.31. The zero-order valence-corrected chi connectivity index (χ0v) is 15.6. The molecular weight excluding hydrogens is 372 g/mol. The average Bonchev–Trinajstić information content (AvgIpc) is 3.34. The molecule has 1 atom stereocenters. The highest BCUT2D eigenvalue weighted by Gasteiger charge is 2.40. The molecule has 8 nitrogen and oxygen atoms in total. The molecule has 0 saturated carbocycles. The summed E-state index contributed by atoms with van der Waals surface area (Å²) in [5, 5.41) is 17.3. The van der Waals surface area contributed by atoms with Crippen LogP contribution in [0.25, 0.3) is 0 Å². The van der Waals surface area contributed by atoms with E-state index in [1.54, 1.807) is 16.0 Å². The van der Waals surface area contributed by atoms with Crippen LogP contribution in [0.4, 0.5) is 11.6 Å². The van der Waals surface area contributed by atoms with Crippen molar-refractivity contribution in [2.24, 2.45) is 5.10 Å². The summed E-state index contributed by atoms with van der Waals surface area (Å²) in [7, 11) is 0. The molecule has 0 fully saturated rings. The molecule has 146 valence electrons. The minimum Gasteiger partial charge on any atom is -0.401 e. The van der Waals surface area contributed by atoms with Crippen LogP contribution in [0.5, 0.6) is 0 Å². The number of rotatable bonds is 6. The third-order valence-corrected chi connectivity index (χ3v) is 4.58. The maximum absolute atomic E-state index is 12.4. The average molecular weight is 390 g/mol. The van der Waals surface area contributed by atoms with E-state index in [0.29, 0.717) is 12.3 Å². The van der Waals surface area contributed by atoms with E-state index in [1.165, 1.54) is 13.0 Å². The SMILES string of the molecule is CC(=O)C1=NN(c2ccccc2)C(c2ccc([N+](=O)[O-])o2)N1Cc1ccccc1. The number of Topliss-reactive ketones (excluding diaryl/α,β-unsaturated/α-hetero) is 1. The molecule has 0 amide bonds. The number of carbonyl (C=O) groups is 1. The van der Waals surface area contributed by atoms with E-state index in [0.717, 1.165) is 11.3 Å². The third-order valence-electron chi connectivity index (χ3n) is 4.58. The first-order chi connectivity index (χ1) is 14.0. The number of carbonyl (C=O) groups excluding carboxylic acids is 1. The van der Waals surface area contributed by atoms with E-state index >= 15 is 0 Å². The second-order valence-electron chi connectivity index (χ2n) is 6.58. The molecule has 0 saturated heterocycles. The number of nitrogens with zero attached hydrogens (tertiary/aromatic N) is 4. The number of anilines is 1. The maximum atomic E-state index is 12.4. The molecule has 1 aliphatic heterocycles. The fraction of sp³-hybridized carbons (Fsp3) is 0.143. The Labute approximate surface area is 166 Å². The number of hydrogen-bond acceptors (Lipinski definition) is 7. The van der Waals surface area contributed by atoms with Crippen molar-refractivity contribution in [3.63, 3.8) is 0 Å². The van der Waals surface area contributed by atoms with Gasteiger partial charge in [0.25, 0.3) is 0 Å². The molecule has 29 heavy (non-hydrogen) atoms. The highest BCUT2D eigenvalue weighted by atomic mass is 16.6. The number of para-hydroxylation sites is 1. The first kappa shape index (κ1) is 18.4. The van der Waals surface area contributed by atoms with Crippen molar-refractivity contribution < 1.29 is 14.1 Å². The Kier molecular flexibility index (Phi) is 4.82. The number of benzene rings is 2. The van der Waals surface area contributed by atoms with Crippen LogP contribution >= 0.6 is 0 Å². The van der Waals surface area contributed by atoms with E-state index in [9.17, 15) is 14.9 Å². The molecular formula is C21H18N4O4. The van der Waals surface area contributed by atoms with E-state index < -0.39 is 11.1 Å². The molecule has 0 spiro atoms. The summed E-state index contributed by atoms with van der Waals surface area (Å²) < 4.78 is 5.51. The molecule has 1 aliphatic rings. The van der Waals surface area contributed by atoms with Crippen molar-refractivity contribution in [2.75, 3.05) is 5.01 Å². The molecule has 2 aromatic carbocycles. The summed E-state index contributed by atoms with van der Waals surface area (Å²) in [5.41, 5.74) is 1.72. The van der Waals surface area contributed by atoms with Gasteiger partial charge in [0.1, 0.15) is 4.92 Å². The van der Waals surface area contributed by atoms with Crippen LogP contribution < -0.4 is 5.01 Å². The zero-order valence-electron chi connectivity index (χ0n) is 15.6. The predicted molar refractivity (Wildman–Crippen MR) is 107 cm³/mol. The second kappa shape index (κ2) is 7.59. The van der Waals surface area contributed by atoms with Crippen LogP contribution in [0.2, 0.25) is 0 Å². The van der Waals surface area contributed by atoms with Crippen LogP contribution in [0, 0.1) is 10.1 Å². The smallest absolute Gasteiger partial charge is 0.401 e. The minimum atomic E-state index is -0.634. The summed E-state index contributed by atoms with van der Waals surface area (Å²) in [6.45, 7) is 1.84. The number of hydrazone groups is 1. The molecule has 3 aromatic rings. The largest absolute Gasteiger partial charge is 0.433 e. The van der Waals surface area contributed by atoms with Crippen LogP contribution in [0.3, 0.4) is 0 Å². The highest BCUT2D eigenvalue weighted by Crippen LogP contribution is 2.38. The van der Waals surface area contributed by atoms with Crippen molar-refractivity contribution in [1.82, 2.24) is 4.90 Å². The van der Waals surface area contributed by atoms with Gasteiger partial charge in [0.15, 0.2) is 23.5 Å². The Morgan fingerprint density at radius 3 is 2.31 bits per heavy atom. The number of furan rings is 1. The highest BCUT2D eigenvalue weighted by molar-refractivity contribution is 6.38. The Morgan fingerprint density at radius 1 is 1.07 bits per heavy atom. The summed E-state index contributed by atoms with van der Waals surface area (Å²) in [4.78, 5) is 24.7. The Balaban J connectivity index is 1.81. The van der Waals surface area contributed by atoms with Gasteiger partial charge in [0.05, 0.1) is 11.8 Å². The zero-order chi connectivity index (χ0) is 20.4. The second-order valence-corrected chi connectivity index (χ2v) is 6.58. The topological polar surface area (TPSA) is 92.2 Å². The van der Waals surface area contributed by atoms with Crippen LogP contribution in [-0.4, -0.2) is 21.4 Å². The van der Waals surface area contributed by atoms with Crippen molar-refractivity contribution in [3.05, 3.63) is 94.2 Å². The maximum Gasteiger partial charge on any atom is 0.433 e. The molecule has 0 bridgehead atoms. The van der Waals surface area contributed by atoms with Gasteiger partial charge < -0.3 is 9.32 Å². The van der Waals surface area contributed by atoms with Crippen molar-refractivity contribution in [1.29, 1.82) is 0 Å². The van der Waals surface area contributed by atoms with E-state index in [1.807, 2.05) is 60.7 Å². The quantitative estimate of drug-likeness (QED) is 0.465. The van der Waals surface area contributed by atoms with Crippen molar-refractivity contribution in [3.8, 4) is 0 Å². The van der Waals surface area contributed by atoms with Gasteiger partial charge in [-0.25, -0.2) is 5.01 Å². The Hall–Kier alpha value is -3.94. The van der Waals surface area contributed by atoms with E-state index in [4.69, 9.17) is 4.42 Å². The van der Waals surface area contributed by atoms with Gasteiger partial charge in [-0.1, -0.05) is 48.5 Å². The molecule has 0 N–H and O–H groups in total. The third kappa shape index (κ3) is 3.60. The van der Waals surface area contributed by atoms with E-state index in [-0.39, 0.29) is 17.5 Å². The molecule has 4 rings (SSSR count). The lowest BCUT2D eigenvalue weighted by Crippen LogP contribution is -2.37. The van der Waals surface area contributed by atoms with Gasteiger partial charge in [-0.15, -0.1) is 5.10 Å². The van der Waals surface area contributed by atoms with Crippen LogP contribution in [0.1, 0.15) is 24.4 Å². The summed E-state index contributed by atoms with van der Waals surface area (Å²) in [6, 6.07) is 21.8. The summed E-state index contributed by atoms with van der Waals surface area (Å²) in [6.07, 6.45) is -0.634. The lowest BCUT2D eigenvalue weighted by atomic mass is 10.1. The molecule has 1 aromatic heterocycles. The Bertz CT molecular complexity index is 1060. The first-order valence-electron chi connectivity index (χ1n) is 9.03. The van der Waals surface area contributed by atoms with Gasteiger partial charge in [-0.3, -0.25) is 14.9 Å². The summed E-state index contributed by atoms with van der Waals surface area (Å²) in [5.74, 6) is 0.0348. The van der Waals surface area contributed by atoms with Crippen molar-refractivity contribution >= 4 is 23.2 Å². The van der Waals surface area contributed by atoms with Gasteiger partial charge in [-0.2, -0.15) is 0 Å². The number of ketones is 1. The standard InChI is InChI=1S/C21H18N4O4/c1-15(26)20-22-24(17-10-6-3-7-11-17)21(18-12-13-19(29-18)25(27)28)23(20)14-16-8-4-2-5-9-16/h2-13,21H,14H2,1H3. The molecule has 2 heterocycles. The lowest BCUT2D eigenvalue weighted by Gasteiger charge is -2.30. The monoisotopic (exact) mass is 390 g/mol. The van der Waals surface area contributed by atoms with Crippen LogP contribution in [-0.2, 0) is 11.3 Å². The van der Waals surface area contributed by atoms with Gasteiger partial charge in [-0.05, 0) is 23.8 Å². The molecule has 8 heteroatoms. The van der Waals surface area contributed by atoms with Crippen molar-refractivity contribution in [2.45, 2.75) is 19.6 Å². The number of nitro groups is 1. The normalized spacial score (nSPS) is 16.0. The predicted octanol–water partition coefficient (Wildman–Crippen LogP) is 4.11. The van der Waals surface area contributed by atoms with Crippen LogP contribution in [0.15, 0.2) is 82.3 Å². The Morgan fingerprint density at radius 2 is 1.72 bits per heavy atom. The van der Waals surface area contributed by atoms with Gasteiger partial charge in [0, 0.05) is 13.5 Å². The van der Waals surface area contributed by atoms with Gasteiger partial charge in [0.2, 0.25) is 0 Å². The molecule has 0 radical (unpaired) electrons.